The number of carbonyl (C=O) groups is 1. The number of rotatable bonds is 6. The SMILES string of the molecule is CC(C)(C)CCNC(=O)CCCc1c[nH]c2ccccc12. The van der Waals surface area contributed by atoms with E-state index in [1.54, 1.807) is 0 Å². The van der Waals surface area contributed by atoms with Crippen LogP contribution in [0.25, 0.3) is 10.9 Å². The number of aromatic nitrogens is 1. The number of benzene rings is 1. The first-order chi connectivity index (χ1) is 9.96. The lowest BCUT2D eigenvalue weighted by Gasteiger charge is -2.17. The Balaban J connectivity index is 1.73. The highest BCUT2D eigenvalue weighted by atomic mass is 16.1. The smallest absolute Gasteiger partial charge is 0.220 e. The van der Waals surface area contributed by atoms with E-state index in [-0.39, 0.29) is 11.3 Å². The maximum Gasteiger partial charge on any atom is 0.220 e. The Labute approximate surface area is 127 Å². The molecule has 1 aromatic heterocycles. The van der Waals surface area contributed by atoms with E-state index in [1.807, 2.05) is 6.07 Å². The Hall–Kier alpha value is -1.77. The maximum atomic E-state index is 11.8. The van der Waals surface area contributed by atoms with E-state index in [0.29, 0.717) is 6.42 Å². The predicted octanol–water partition coefficient (Wildman–Crippen LogP) is 4.04. The number of hydrogen-bond donors (Lipinski definition) is 2. The van der Waals surface area contributed by atoms with Gasteiger partial charge in [0.1, 0.15) is 0 Å². The fourth-order valence-electron chi connectivity index (χ4n) is 2.44. The van der Waals surface area contributed by atoms with Crippen molar-refractivity contribution in [3.8, 4) is 0 Å². The Bertz CT molecular complexity index is 593. The molecule has 0 atom stereocenters. The molecule has 0 fully saturated rings. The van der Waals surface area contributed by atoms with Crippen LogP contribution in [-0.4, -0.2) is 17.4 Å². The van der Waals surface area contributed by atoms with Crippen molar-refractivity contribution < 1.29 is 4.79 Å². The van der Waals surface area contributed by atoms with Gasteiger partial charge in [0, 0.05) is 30.1 Å². The summed E-state index contributed by atoms with van der Waals surface area (Å²) in [5.41, 5.74) is 2.74. The molecule has 0 spiro atoms. The third-order valence-corrected chi connectivity index (χ3v) is 3.72. The monoisotopic (exact) mass is 286 g/mol. The molecular formula is C18H26N2O. The van der Waals surface area contributed by atoms with Crippen LogP contribution in [0.5, 0.6) is 0 Å². The van der Waals surface area contributed by atoms with Gasteiger partial charge in [-0.25, -0.2) is 0 Å². The summed E-state index contributed by atoms with van der Waals surface area (Å²) < 4.78 is 0. The van der Waals surface area contributed by atoms with Crippen molar-refractivity contribution in [2.75, 3.05) is 6.54 Å². The van der Waals surface area contributed by atoms with Crippen LogP contribution < -0.4 is 5.32 Å². The molecule has 2 N–H and O–H groups in total. The van der Waals surface area contributed by atoms with Gasteiger partial charge in [0.05, 0.1) is 0 Å². The second-order valence-corrected chi connectivity index (χ2v) is 6.87. The normalized spacial score (nSPS) is 11.8. The van der Waals surface area contributed by atoms with E-state index < -0.39 is 0 Å². The van der Waals surface area contributed by atoms with E-state index in [2.05, 4.69) is 55.5 Å². The molecule has 114 valence electrons. The molecule has 1 aromatic carbocycles. The molecule has 3 nitrogen and oxygen atoms in total. The Morgan fingerprint density at radius 3 is 2.76 bits per heavy atom. The molecule has 2 rings (SSSR count). The van der Waals surface area contributed by atoms with Gasteiger partial charge in [-0.1, -0.05) is 39.0 Å². The second-order valence-electron chi connectivity index (χ2n) is 6.87. The van der Waals surface area contributed by atoms with E-state index in [9.17, 15) is 4.79 Å². The Kier molecular flexibility index (Phi) is 5.05. The molecule has 0 saturated carbocycles. The van der Waals surface area contributed by atoms with Crippen LogP contribution >= 0.6 is 0 Å². The fraction of sp³-hybridized carbons (Fsp3) is 0.500. The van der Waals surface area contributed by atoms with Crippen LogP contribution in [0, 0.1) is 5.41 Å². The minimum Gasteiger partial charge on any atom is -0.361 e. The highest BCUT2D eigenvalue weighted by Crippen LogP contribution is 2.19. The van der Waals surface area contributed by atoms with Crippen molar-refractivity contribution in [1.29, 1.82) is 0 Å². The van der Waals surface area contributed by atoms with Gasteiger partial charge in [-0.15, -0.1) is 0 Å². The van der Waals surface area contributed by atoms with Crippen molar-refractivity contribution in [2.45, 2.75) is 46.5 Å². The number of carbonyl (C=O) groups excluding carboxylic acids is 1. The molecular weight excluding hydrogens is 260 g/mol. The Morgan fingerprint density at radius 1 is 1.24 bits per heavy atom. The van der Waals surface area contributed by atoms with E-state index in [4.69, 9.17) is 0 Å². The number of hydrogen-bond acceptors (Lipinski definition) is 1. The van der Waals surface area contributed by atoms with Crippen molar-refractivity contribution in [2.24, 2.45) is 5.41 Å². The van der Waals surface area contributed by atoms with Gasteiger partial charge in [-0.05, 0) is 36.3 Å². The molecule has 1 amide bonds. The second kappa shape index (κ2) is 6.79. The van der Waals surface area contributed by atoms with Crippen LogP contribution in [0.1, 0.15) is 45.6 Å². The quantitative estimate of drug-likeness (QED) is 0.827. The largest absolute Gasteiger partial charge is 0.361 e. The average molecular weight is 286 g/mol. The van der Waals surface area contributed by atoms with Gasteiger partial charge < -0.3 is 10.3 Å². The topological polar surface area (TPSA) is 44.9 Å². The molecule has 1 heterocycles. The van der Waals surface area contributed by atoms with E-state index in [0.717, 1.165) is 25.8 Å². The van der Waals surface area contributed by atoms with Crippen LogP contribution in [0.15, 0.2) is 30.5 Å². The lowest BCUT2D eigenvalue weighted by atomic mass is 9.92. The van der Waals surface area contributed by atoms with Crippen molar-refractivity contribution in [3.05, 3.63) is 36.0 Å². The van der Waals surface area contributed by atoms with Crippen LogP contribution in [0.2, 0.25) is 0 Å². The lowest BCUT2D eigenvalue weighted by Crippen LogP contribution is -2.27. The van der Waals surface area contributed by atoms with Gasteiger partial charge in [-0.3, -0.25) is 4.79 Å². The first kappa shape index (κ1) is 15.6. The van der Waals surface area contributed by atoms with Gasteiger partial charge in [0.15, 0.2) is 0 Å². The number of aromatic amines is 1. The van der Waals surface area contributed by atoms with Crippen molar-refractivity contribution >= 4 is 16.8 Å². The highest BCUT2D eigenvalue weighted by molar-refractivity contribution is 5.83. The van der Waals surface area contributed by atoms with Crippen LogP contribution in [0.3, 0.4) is 0 Å². The number of H-pyrrole nitrogens is 1. The zero-order valence-corrected chi connectivity index (χ0v) is 13.3. The van der Waals surface area contributed by atoms with Gasteiger partial charge in [0.2, 0.25) is 5.91 Å². The zero-order chi connectivity index (χ0) is 15.3. The summed E-state index contributed by atoms with van der Waals surface area (Å²) in [5.74, 6) is 0.166. The summed E-state index contributed by atoms with van der Waals surface area (Å²) in [6.07, 6.45) is 5.51. The van der Waals surface area contributed by atoms with Crippen LogP contribution in [0.4, 0.5) is 0 Å². The standard InChI is InChI=1S/C18H26N2O/c1-18(2,3)11-12-19-17(21)10-6-7-14-13-20-16-9-5-4-8-15(14)16/h4-5,8-9,13,20H,6-7,10-12H2,1-3H3,(H,19,21). The molecule has 3 heteroatoms. The molecule has 0 radical (unpaired) electrons. The molecule has 0 aliphatic carbocycles. The summed E-state index contributed by atoms with van der Waals surface area (Å²) in [6.45, 7) is 7.35. The molecule has 2 aromatic rings. The summed E-state index contributed by atoms with van der Waals surface area (Å²) in [4.78, 5) is 15.1. The zero-order valence-electron chi connectivity index (χ0n) is 13.3. The molecule has 0 unspecified atom stereocenters. The minimum absolute atomic E-state index is 0.166. The van der Waals surface area contributed by atoms with Crippen molar-refractivity contribution in [1.82, 2.24) is 10.3 Å². The summed E-state index contributed by atoms with van der Waals surface area (Å²) >= 11 is 0. The van der Waals surface area contributed by atoms with Gasteiger partial charge in [0.25, 0.3) is 0 Å². The number of para-hydroxylation sites is 1. The number of amides is 1. The fourth-order valence-corrected chi connectivity index (χ4v) is 2.44. The van der Waals surface area contributed by atoms with E-state index in [1.165, 1.54) is 16.5 Å². The third-order valence-electron chi connectivity index (χ3n) is 3.72. The summed E-state index contributed by atoms with van der Waals surface area (Å²) in [6, 6.07) is 8.30. The molecule has 21 heavy (non-hydrogen) atoms. The average Bonchev–Trinajstić information content (AvgIpc) is 2.81. The number of aryl methyl sites for hydroxylation is 1. The van der Waals surface area contributed by atoms with Crippen LogP contribution in [-0.2, 0) is 11.2 Å². The van der Waals surface area contributed by atoms with Crippen molar-refractivity contribution in [3.63, 3.8) is 0 Å². The lowest BCUT2D eigenvalue weighted by molar-refractivity contribution is -0.121. The summed E-state index contributed by atoms with van der Waals surface area (Å²) in [7, 11) is 0. The Morgan fingerprint density at radius 2 is 2.00 bits per heavy atom. The van der Waals surface area contributed by atoms with Gasteiger partial charge >= 0.3 is 0 Å². The first-order valence-electron chi connectivity index (χ1n) is 7.77. The molecule has 0 bridgehead atoms. The minimum atomic E-state index is 0.166. The third kappa shape index (κ3) is 4.92. The summed E-state index contributed by atoms with van der Waals surface area (Å²) in [5, 5.41) is 4.28. The molecule has 0 saturated heterocycles. The van der Waals surface area contributed by atoms with Gasteiger partial charge in [-0.2, -0.15) is 0 Å². The van der Waals surface area contributed by atoms with E-state index >= 15 is 0 Å². The molecule has 0 aliphatic heterocycles. The first-order valence-corrected chi connectivity index (χ1v) is 7.77. The predicted molar refractivity (Wildman–Crippen MR) is 88.3 cm³/mol. The number of nitrogens with one attached hydrogen (secondary N) is 2. The molecule has 0 aliphatic rings. The maximum absolute atomic E-state index is 11.8. The highest BCUT2D eigenvalue weighted by Gasteiger charge is 2.10. The number of fused-ring (bicyclic) bond motifs is 1.